The molecule has 0 amide bonds. The summed E-state index contributed by atoms with van der Waals surface area (Å²) in [5.41, 5.74) is 2.99. The van der Waals surface area contributed by atoms with Crippen molar-refractivity contribution in [2.75, 3.05) is 0 Å². The summed E-state index contributed by atoms with van der Waals surface area (Å²) in [5.74, 6) is 0. The number of aromatic nitrogens is 4. The number of fused-ring (bicyclic) bond motifs is 1. The maximum absolute atomic E-state index is 4.32. The molecule has 0 saturated heterocycles. The first-order chi connectivity index (χ1) is 7.86. The van der Waals surface area contributed by atoms with Crippen molar-refractivity contribution >= 4 is 28.2 Å². The fourth-order valence-electron chi connectivity index (χ4n) is 1.60. The fourth-order valence-corrected chi connectivity index (χ4v) is 2.10. The standard InChI is InChI=1S/C11H7IN4/c12-9-7-15-16-10(3-6-14-11(9)16)8-1-4-13-5-2-8/h1-7H. The first kappa shape index (κ1) is 9.71. The van der Waals surface area contributed by atoms with Crippen LogP contribution in [0.2, 0.25) is 0 Å². The first-order valence-corrected chi connectivity index (χ1v) is 5.83. The molecule has 0 aliphatic rings. The Morgan fingerprint density at radius 2 is 1.88 bits per heavy atom. The summed E-state index contributed by atoms with van der Waals surface area (Å²) in [4.78, 5) is 8.31. The van der Waals surface area contributed by atoms with Crippen molar-refractivity contribution in [2.45, 2.75) is 0 Å². The Morgan fingerprint density at radius 1 is 1.06 bits per heavy atom. The Kier molecular flexibility index (Phi) is 2.32. The SMILES string of the molecule is Ic1cnn2c(-c3ccncc3)ccnc12. The van der Waals surface area contributed by atoms with E-state index in [-0.39, 0.29) is 0 Å². The van der Waals surface area contributed by atoms with Crippen LogP contribution in [0.25, 0.3) is 16.9 Å². The van der Waals surface area contributed by atoms with Crippen LogP contribution in [0.1, 0.15) is 0 Å². The second-order valence-corrected chi connectivity index (χ2v) is 4.46. The number of pyridine rings is 1. The zero-order valence-corrected chi connectivity index (χ0v) is 10.4. The second-order valence-electron chi connectivity index (χ2n) is 3.29. The molecule has 0 N–H and O–H groups in total. The van der Waals surface area contributed by atoms with E-state index in [0.29, 0.717) is 0 Å². The number of halogens is 1. The van der Waals surface area contributed by atoms with Gasteiger partial charge in [-0.3, -0.25) is 4.98 Å². The van der Waals surface area contributed by atoms with Gasteiger partial charge in [0.15, 0.2) is 5.65 Å². The molecule has 0 spiro atoms. The molecular weight excluding hydrogens is 315 g/mol. The highest BCUT2D eigenvalue weighted by atomic mass is 127. The highest BCUT2D eigenvalue weighted by Crippen LogP contribution is 2.20. The van der Waals surface area contributed by atoms with Gasteiger partial charge < -0.3 is 0 Å². The van der Waals surface area contributed by atoms with Crippen molar-refractivity contribution in [3.05, 3.63) is 46.6 Å². The molecule has 3 aromatic heterocycles. The van der Waals surface area contributed by atoms with E-state index in [2.05, 4.69) is 37.7 Å². The molecule has 0 bridgehead atoms. The molecular formula is C11H7IN4. The molecule has 0 aliphatic heterocycles. The molecule has 0 atom stereocenters. The Balaban J connectivity index is 2.32. The van der Waals surface area contributed by atoms with Gasteiger partial charge in [-0.2, -0.15) is 5.10 Å². The van der Waals surface area contributed by atoms with Crippen LogP contribution in [0, 0.1) is 3.57 Å². The summed E-state index contributed by atoms with van der Waals surface area (Å²) >= 11 is 2.23. The summed E-state index contributed by atoms with van der Waals surface area (Å²) in [7, 11) is 0. The van der Waals surface area contributed by atoms with Crippen molar-refractivity contribution in [3.63, 3.8) is 0 Å². The smallest absolute Gasteiger partial charge is 0.169 e. The largest absolute Gasteiger partial charge is 0.265 e. The van der Waals surface area contributed by atoms with Crippen LogP contribution in [-0.2, 0) is 0 Å². The van der Waals surface area contributed by atoms with Crippen molar-refractivity contribution in [2.24, 2.45) is 0 Å². The van der Waals surface area contributed by atoms with Crippen LogP contribution in [0.4, 0.5) is 0 Å². The molecule has 16 heavy (non-hydrogen) atoms. The third-order valence-electron chi connectivity index (χ3n) is 2.33. The van der Waals surface area contributed by atoms with Crippen LogP contribution in [0.3, 0.4) is 0 Å². The lowest BCUT2D eigenvalue weighted by atomic mass is 10.2. The summed E-state index contributed by atoms with van der Waals surface area (Å²) in [6.45, 7) is 0. The minimum absolute atomic E-state index is 0.884. The highest BCUT2D eigenvalue weighted by molar-refractivity contribution is 14.1. The van der Waals surface area contributed by atoms with E-state index < -0.39 is 0 Å². The Bertz CT molecular complexity index is 633. The summed E-state index contributed by atoms with van der Waals surface area (Å²) in [5, 5.41) is 4.32. The number of hydrogen-bond donors (Lipinski definition) is 0. The molecule has 3 aromatic rings. The van der Waals surface area contributed by atoms with E-state index in [1.165, 1.54) is 0 Å². The molecule has 5 heteroatoms. The zero-order chi connectivity index (χ0) is 11.0. The monoisotopic (exact) mass is 322 g/mol. The minimum Gasteiger partial charge on any atom is -0.265 e. The van der Waals surface area contributed by atoms with Crippen molar-refractivity contribution < 1.29 is 0 Å². The van der Waals surface area contributed by atoms with Gasteiger partial charge in [0, 0.05) is 24.2 Å². The molecule has 0 radical (unpaired) electrons. The van der Waals surface area contributed by atoms with Crippen LogP contribution >= 0.6 is 22.6 Å². The van der Waals surface area contributed by atoms with E-state index in [9.17, 15) is 0 Å². The predicted octanol–water partition coefficient (Wildman–Crippen LogP) is 2.40. The Hall–Kier alpha value is -1.50. The predicted molar refractivity (Wildman–Crippen MR) is 68.9 cm³/mol. The van der Waals surface area contributed by atoms with Crippen molar-refractivity contribution in [1.29, 1.82) is 0 Å². The van der Waals surface area contributed by atoms with Crippen LogP contribution in [0.5, 0.6) is 0 Å². The van der Waals surface area contributed by atoms with Crippen molar-refractivity contribution in [3.8, 4) is 11.3 Å². The topological polar surface area (TPSA) is 43.1 Å². The quantitative estimate of drug-likeness (QED) is 0.646. The van der Waals surface area contributed by atoms with Gasteiger partial charge in [0.1, 0.15) is 0 Å². The van der Waals surface area contributed by atoms with E-state index >= 15 is 0 Å². The first-order valence-electron chi connectivity index (χ1n) is 4.75. The van der Waals surface area contributed by atoms with Crippen molar-refractivity contribution in [1.82, 2.24) is 19.6 Å². The van der Waals surface area contributed by atoms with E-state index in [4.69, 9.17) is 0 Å². The average molecular weight is 322 g/mol. The third-order valence-corrected chi connectivity index (χ3v) is 3.10. The lowest BCUT2D eigenvalue weighted by Gasteiger charge is -2.03. The molecule has 0 saturated carbocycles. The Labute approximate surface area is 105 Å². The van der Waals surface area contributed by atoms with Gasteiger partial charge in [-0.15, -0.1) is 0 Å². The van der Waals surface area contributed by atoms with Crippen LogP contribution in [0.15, 0.2) is 43.0 Å². The maximum atomic E-state index is 4.32. The fraction of sp³-hybridized carbons (Fsp3) is 0. The molecule has 4 nitrogen and oxygen atoms in total. The third kappa shape index (κ3) is 1.47. The van der Waals surface area contributed by atoms with E-state index in [1.807, 2.05) is 28.9 Å². The average Bonchev–Trinajstić information content (AvgIpc) is 2.73. The molecule has 3 rings (SSSR count). The van der Waals surface area contributed by atoms with Gasteiger partial charge in [-0.25, -0.2) is 9.50 Å². The second kappa shape index (κ2) is 3.82. The van der Waals surface area contributed by atoms with E-state index in [0.717, 1.165) is 20.5 Å². The van der Waals surface area contributed by atoms with E-state index in [1.54, 1.807) is 18.6 Å². The molecule has 0 aromatic carbocycles. The van der Waals surface area contributed by atoms with Gasteiger partial charge in [0.25, 0.3) is 0 Å². The molecule has 78 valence electrons. The van der Waals surface area contributed by atoms with Gasteiger partial charge in [-0.05, 0) is 40.8 Å². The number of nitrogens with zero attached hydrogens (tertiary/aromatic N) is 4. The molecule has 3 heterocycles. The highest BCUT2D eigenvalue weighted by Gasteiger charge is 2.07. The number of hydrogen-bond acceptors (Lipinski definition) is 3. The zero-order valence-electron chi connectivity index (χ0n) is 8.21. The Morgan fingerprint density at radius 3 is 2.69 bits per heavy atom. The summed E-state index contributed by atoms with van der Waals surface area (Å²) < 4.78 is 2.89. The molecule has 0 aliphatic carbocycles. The van der Waals surface area contributed by atoms with Gasteiger partial charge in [0.05, 0.1) is 15.5 Å². The maximum Gasteiger partial charge on any atom is 0.169 e. The lowest BCUT2D eigenvalue weighted by Crippen LogP contribution is -1.95. The minimum atomic E-state index is 0.884. The lowest BCUT2D eigenvalue weighted by molar-refractivity contribution is 0.947. The molecule has 0 unspecified atom stereocenters. The van der Waals surface area contributed by atoms with Gasteiger partial charge in [-0.1, -0.05) is 0 Å². The normalized spacial score (nSPS) is 10.8. The molecule has 0 fully saturated rings. The van der Waals surface area contributed by atoms with Crippen LogP contribution in [-0.4, -0.2) is 19.6 Å². The number of rotatable bonds is 1. The van der Waals surface area contributed by atoms with Crippen LogP contribution < -0.4 is 0 Å². The van der Waals surface area contributed by atoms with Gasteiger partial charge >= 0.3 is 0 Å². The summed E-state index contributed by atoms with van der Waals surface area (Å²) in [6.07, 6.45) is 7.16. The summed E-state index contributed by atoms with van der Waals surface area (Å²) in [6, 6.07) is 5.87. The van der Waals surface area contributed by atoms with Gasteiger partial charge in [0.2, 0.25) is 0 Å².